The number of aromatic nitrogens is 5. The number of nitrogens with zero attached hydrogens (tertiary/aromatic N) is 5. The maximum Gasteiger partial charge on any atom is 0.319 e. The number of hydrogen-bond donors (Lipinski definition) is 4. The van der Waals surface area contributed by atoms with E-state index in [0.717, 1.165) is 31.9 Å². The lowest BCUT2D eigenvalue weighted by Gasteiger charge is -2.30. The molecule has 39 heavy (non-hydrogen) atoms. The van der Waals surface area contributed by atoms with Gasteiger partial charge in [-0.15, -0.1) is 5.10 Å². The van der Waals surface area contributed by atoms with Gasteiger partial charge in [0.1, 0.15) is 11.6 Å². The Hall–Kier alpha value is -4.65. The first kappa shape index (κ1) is 26.0. The van der Waals surface area contributed by atoms with Crippen LogP contribution < -0.4 is 21.3 Å². The minimum atomic E-state index is -0.649. The van der Waals surface area contributed by atoms with E-state index < -0.39 is 11.7 Å². The van der Waals surface area contributed by atoms with E-state index in [2.05, 4.69) is 41.3 Å². The second-order valence-corrected chi connectivity index (χ2v) is 9.12. The highest BCUT2D eigenvalue weighted by molar-refractivity contribution is 6.03. The molecule has 1 saturated carbocycles. The number of anilines is 4. The van der Waals surface area contributed by atoms with Gasteiger partial charge in [0, 0.05) is 30.5 Å². The predicted molar refractivity (Wildman–Crippen MR) is 142 cm³/mol. The number of esters is 1. The van der Waals surface area contributed by atoms with E-state index in [-0.39, 0.29) is 36.0 Å². The number of fused-ring (bicyclic) bond motifs is 1. The number of imidazole rings is 1. The van der Waals surface area contributed by atoms with Crippen LogP contribution in [0.4, 0.5) is 27.4 Å². The highest BCUT2D eigenvalue weighted by atomic mass is 19.1. The first-order valence-electron chi connectivity index (χ1n) is 12.5. The minimum absolute atomic E-state index is 0.00336. The van der Waals surface area contributed by atoms with Crippen LogP contribution in [0.2, 0.25) is 0 Å². The highest BCUT2D eigenvalue weighted by Gasteiger charge is 2.23. The number of nitrogens with one attached hydrogen (secondary N) is 4. The summed E-state index contributed by atoms with van der Waals surface area (Å²) in [7, 11) is 1.37. The molecule has 0 aromatic carbocycles. The summed E-state index contributed by atoms with van der Waals surface area (Å²) in [6.45, 7) is 0.189. The second-order valence-electron chi connectivity index (χ2n) is 9.12. The quantitative estimate of drug-likeness (QED) is 0.237. The third-order valence-electron chi connectivity index (χ3n) is 6.49. The molecule has 0 aliphatic heterocycles. The van der Waals surface area contributed by atoms with Crippen LogP contribution in [-0.4, -0.2) is 62.2 Å². The molecule has 0 atom stereocenters. The molecule has 0 saturated heterocycles. The fraction of sp³-hybridized carbons (Fsp3) is 0.308. The van der Waals surface area contributed by atoms with Crippen molar-refractivity contribution in [3.63, 3.8) is 0 Å². The Morgan fingerprint density at radius 3 is 2.59 bits per heavy atom. The topological polar surface area (TPSA) is 147 Å². The summed E-state index contributed by atoms with van der Waals surface area (Å²) in [5, 5.41) is 17.2. The first-order valence-corrected chi connectivity index (χ1v) is 12.5. The molecule has 202 valence electrons. The van der Waals surface area contributed by atoms with Gasteiger partial charge in [0.2, 0.25) is 0 Å². The smallest absolute Gasteiger partial charge is 0.319 e. The molecule has 4 heterocycles. The van der Waals surface area contributed by atoms with Crippen LogP contribution in [0, 0.1) is 5.82 Å². The van der Waals surface area contributed by atoms with Crippen molar-refractivity contribution in [1.82, 2.24) is 29.9 Å². The maximum atomic E-state index is 14.1. The van der Waals surface area contributed by atoms with Crippen LogP contribution in [0.5, 0.6) is 0 Å². The normalized spacial score (nSPS) is 17.0. The van der Waals surface area contributed by atoms with Crippen molar-refractivity contribution in [2.45, 2.75) is 37.8 Å². The number of carbonyl (C=O) groups excluding carboxylic acids is 2. The Bertz CT molecular complexity index is 1460. The predicted octanol–water partition coefficient (Wildman–Crippen LogP) is 3.14. The van der Waals surface area contributed by atoms with Crippen molar-refractivity contribution in [2.75, 3.05) is 29.6 Å². The molecule has 0 bridgehead atoms. The Morgan fingerprint density at radius 1 is 1.03 bits per heavy atom. The summed E-state index contributed by atoms with van der Waals surface area (Å²) in [4.78, 5) is 37.0. The molecule has 0 unspecified atom stereocenters. The standard InChI is InChI=1S/C26H28FN9O3/c1-39-24(37)15-30-16-5-7-17(8-6-16)32-23-12-20(33-22-4-2-3-10-29-22)25-31-14-21(36(25)35-23)26(38)34-19-9-11-28-13-18(19)27/h2-4,9-14,16-17,30H,5-8,15H2,1H3,(H,29,33)(H,32,35)(H,28,34,38). The molecule has 1 fully saturated rings. The summed E-state index contributed by atoms with van der Waals surface area (Å²) in [6.07, 6.45) is 8.96. The second kappa shape index (κ2) is 11.8. The SMILES string of the molecule is COC(=O)CNC1CCC(Nc2cc(Nc3ccccn3)c3ncc(C(=O)Nc4ccncc4F)n3n2)CC1. The van der Waals surface area contributed by atoms with Crippen molar-refractivity contribution in [2.24, 2.45) is 0 Å². The van der Waals surface area contributed by atoms with E-state index in [4.69, 9.17) is 4.74 Å². The van der Waals surface area contributed by atoms with Gasteiger partial charge in [0.15, 0.2) is 17.2 Å². The van der Waals surface area contributed by atoms with E-state index in [9.17, 15) is 14.0 Å². The van der Waals surface area contributed by atoms with E-state index in [0.29, 0.717) is 23.0 Å². The van der Waals surface area contributed by atoms with Gasteiger partial charge in [-0.1, -0.05) is 6.07 Å². The minimum Gasteiger partial charge on any atom is -0.468 e. The number of methoxy groups -OCH3 is 1. The molecule has 1 aliphatic rings. The third-order valence-corrected chi connectivity index (χ3v) is 6.49. The van der Waals surface area contributed by atoms with Crippen molar-refractivity contribution in [3.8, 4) is 0 Å². The van der Waals surface area contributed by atoms with E-state index in [1.54, 1.807) is 6.20 Å². The van der Waals surface area contributed by atoms with Gasteiger partial charge in [-0.3, -0.25) is 14.6 Å². The number of hydrogen-bond acceptors (Lipinski definition) is 10. The van der Waals surface area contributed by atoms with E-state index in [1.165, 1.54) is 30.1 Å². The lowest BCUT2D eigenvalue weighted by molar-refractivity contribution is -0.139. The highest BCUT2D eigenvalue weighted by Crippen LogP contribution is 2.27. The van der Waals surface area contributed by atoms with Crippen LogP contribution in [0.15, 0.2) is 55.1 Å². The average molecular weight is 534 g/mol. The van der Waals surface area contributed by atoms with Crippen LogP contribution >= 0.6 is 0 Å². The van der Waals surface area contributed by atoms with Crippen molar-refractivity contribution >= 4 is 40.5 Å². The molecule has 4 aromatic heterocycles. The summed E-state index contributed by atoms with van der Waals surface area (Å²) in [5.74, 6) is -0.370. The first-order chi connectivity index (χ1) is 19.0. The average Bonchev–Trinajstić information content (AvgIpc) is 3.39. The van der Waals surface area contributed by atoms with Crippen LogP contribution in [0.25, 0.3) is 5.65 Å². The number of halogens is 1. The van der Waals surface area contributed by atoms with Gasteiger partial charge in [-0.05, 0) is 43.9 Å². The molecule has 12 nitrogen and oxygen atoms in total. The number of carbonyl (C=O) groups is 2. The van der Waals surface area contributed by atoms with Gasteiger partial charge in [0.05, 0.1) is 37.4 Å². The summed E-state index contributed by atoms with van der Waals surface area (Å²) in [5.41, 5.74) is 1.13. The lowest BCUT2D eigenvalue weighted by atomic mass is 9.91. The Morgan fingerprint density at radius 2 is 1.85 bits per heavy atom. The molecule has 4 aromatic rings. The van der Waals surface area contributed by atoms with Crippen LogP contribution in [-0.2, 0) is 9.53 Å². The van der Waals surface area contributed by atoms with Gasteiger partial charge in [-0.2, -0.15) is 0 Å². The van der Waals surface area contributed by atoms with Crippen molar-refractivity contribution < 1.29 is 18.7 Å². The van der Waals surface area contributed by atoms with Gasteiger partial charge >= 0.3 is 5.97 Å². The van der Waals surface area contributed by atoms with E-state index >= 15 is 0 Å². The maximum absolute atomic E-state index is 14.1. The zero-order valence-corrected chi connectivity index (χ0v) is 21.2. The number of ether oxygens (including phenoxy) is 1. The number of amides is 1. The summed E-state index contributed by atoms with van der Waals surface area (Å²) >= 11 is 0. The molecular weight excluding hydrogens is 505 g/mol. The Kier molecular flexibility index (Phi) is 7.87. The fourth-order valence-electron chi connectivity index (χ4n) is 4.47. The van der Waals surface area contributed by atoms with Crippen LogP contribution in [0.1, 0.15) is 36.2 Å². The molecule has 13 heteroatoms. The molecule has 0 spiro atoms. The number of pyridine rings is 2. The fourth-order valence-corrected chi connectivity index (χ4v) is 4.47. The summed E-state index contributed by atoms with van der Waals surface area (Å²) < 4.78 is 20.2. The van der Waals surface area contributed by atoms with Gasteiger partial charge < -0.3 is 26.0 Å². The van der Waals surface area contributed by atoms with Crippen molar-refractivity contribution in [1.29, 1.82) is 0 Å². The summed E-state index contributed by atoms with van der Waals surface area (Å²) in [6, 6.07) is 9.05. The molecule has 1 aliphatic carbocycles. The lowest BCUT2D eigenvalue weighted by Crippen LogP contribution is -2.39. The largest absolute Gasteiger partial charge is 0.468 e. The van der Waals surface area contributed by atoms with E-state index in [1.807, 2.05) is 24.3 Å². The third kappa shape index (κ3) is 6.26. The number of rotatable bonds is 9. The molecule has 1 amide bonds. The molecule has 0 radical (unpaired) electrons. The molecular formula is C26H28FN9O3. The molecule has 5 rings (SSSR count). The zero-order chi connectivity index (χ0) is 27.2. The molecule has 4 N–H and O–H groups in total. The Balaban J connectivity index is 1.38. The monoisotopic (exact) mass is 533 g/mol. The van der Waals surface area contributed by atoms with Crippen LogP contribution in [0.3, 0.4) is 0 Å². The van der Waals surface area contributed by atoms with Gasteiger partial charge in [-0.25, -0.2) is 18.9 Å². The van der Waals surface area contributed by atoms with Crippen molar-refractivity contribution in [3.05, 3.63) is 66.6 Å². The Labute approximate surface area is 223 Å². The van der Waals surface area contributed by atoms with Gasteiger partial charge in [0.25, 0.3) is 5.91 Å². The zero-order valence-electron chi connectivity index (χ0n) is 21.2.